The maximum Gasteiger partial charge on any atom is 0.322 e. The zero-order valence-electron chi connectivity index (χ0n) is 14.8. The summed E-state index contributed by atoms with van der Waals surface area (Å²) in [6.45, 7) is 1.22. The molecule has 0 aliphatic heterocycles. The van der Waals surface area contributed by atoms with Crippen LogP contribution in [0.25, 0.3) is 0 Å². The van der Waals surface area contributed by atoms with E-state index in [1.54, 1.807) is 24.1 Å². The Bertz CT molecular complexity index is 661. The number of ketones is 1. The number of nitrogens with two attached hydrogens (primary N) is 1. The number of aromatic nitrogens is 2. The number of aliphatic carboxylic acids is 1. The molecule has 0 aliphatic rings. The van der Waals surface area contributed by atoms with Crippen LogP contribution in [0.15, 0.2) is 12.5 Å². The van der Waals surface area contributed by atoms with E-state index >= 15 is 0 Å². The highest BCUT2D eigenvalue weighted by Crippen LogP contribution is 2.23. The molecule has 1 aromatic rings. The SMILES string of the molecule is CC(SC(=O)[C@@H](CC(=O)CCN)Cc1cncn1C)C(=O)NCC(=O)O. The molecule has 10 heteroatoms. The molecule has 1 amide bonds. The highest BCUT2D eigenvalue weighted by molar-refractivity contribution is 8.14. The minimum absolute atomic E-state index is 0.0394. The standard InChI is InChI=1S/C16H24N4O5S/c1-10(15(24)19-8-14(22)23)26-16(25)11(6-13(21)3-4-17)5-12-7-18-9-20(12)2/h7,9-11H,3-6,8,17H2,1-2H3,(H,19,24)(H,22,23)/t10?,11-/m1/s1. The summed E-state index contributed by atoms with van der Waals surface area (Å²) < 4.78 is 1.77. The normalized spacial score (nSPS) is 13.0. The van der Waals surface area contributed by atoms with Crippen LogP contribution in [0.2, 0.25) is 0 Å². The van der Waals surface area contributed by atoms with E-state index in [1.807, 2.05) is 0 Å². The van der Waals surface area contributed by atoms with E-state index in [-0.39, 0.29) is 30.3 Å². The Morgan fingerprint density at radius 2 is 2.08 bits per heavy atom. The average molecular weight is 384 g/mol. The third kappa shape index (κ3) is 7.36. The second-order valence-electron chi connectivity index (χ2n) is 5.87. The van der Waals surface area contributed by atoms with Crippen LogP contribution in [0, 0.1) is 5.92 Å². The van der Waals surface area contributed by atoms with Gasteiger partial charge in [0.05, 0.1) is 11.6 Å². The lowest BCUT2D eigenvalue weighted by atomic mass is 9.97. The zero-order valence-corrected chi connectivity index (χ0v) is 15.6. The maximum atomic E-state index is 12.6. The molecule has 9 nitrogen and oxygen atoms in total. The number of nitrogens with zero attached hydrogens (tertiary/aromatic N) is 2. The van der Waals surface area contributed by atoms with E-state index in [4.69, 9.17) is 10.8 Å². The lowest BCUT2D eigenvalue weighted by molar-refractivity contribution is -0.137. The second-order valence-corrected chi connectivity index (χ2v) is 7.21. The Labute approximate surface area is 155 Å². The van der Waals surface area contributed by atoms with E-state index in [2.05, 4.69) is 10.3 Å². The van der Waals surface area contributed by atoms with Gasteiger partial charge >= 0.3 is 5.97 Å². The fourth-order valence-corrected chi connectivity index (χ4v) is 3.14. The lowest BCUT2D eigenvalue weighted by Gasteiger charge is -2.17. The molecule has 0 aromatic carbocycles. The first-order valence-corrected chi connectivity index (χ1v) is 8.99. The topological polar surface area (TPSA) is 144 Å². The number of nitrogens with one attached hydrogen (secondary N) is 1. The number of carboxylic acid groups (broad SMARTS) is 1. The van der Waals surface area contributed by atoms with E-state index in [1.165, 1.54) is 6.92 Å². The summed E-state index contributed by atoms with van der Waals surface area (Å²) in [7, 11) is 1.79. The maximum absolute atomic E-state index is 12.6. The molecule has 0 spiro atoms. The number of hydrogen-bond donors (Lipinski definition) is 3. The molecule has 1 heterocycles. The van der Waals surface area contributed by atoms with Gasteiger partial charge in [-0.15, -0.1) is 0 Å². The van der Waals surface area contributed by atoms with E-state index in [9.17, 15) is 19.2 Å². The molecule has 2 atom stereocenters. The van der Waals surface area contributed by atoms with Crippen LogP contribution in [-0.2, 0) is 32.6 Å². The molecule has 0 saturated heterocycles. The van der Waals surface area contributed by atoms with Gasteiger partial charge in [-0.2, -0.15) is 0 Å². The molecule has 144 valence electrons. The van der Waals surface area contributed by atoms with Crippen LogP contribution in [0.5, 0.6) is 0 Å². The number of carboxylic acids is 1. The van der Waals surface area contributed by atoms with Gasteiger partial charge in [0.15, 0.2) is 5.12 Å². The molecule has 4 N–H and O–H groups in total. The van der Waals surface area contributed by atoms with Gasteiger partial charge in [-0.25, -0.2) is 4.98 Å². The molecule has 26 heavy (non-hydrogen) atoms. The number of thioether (sulfide) groups is 1. The smallest absolute Gasteiger partial charge is 0.322 e. The highest BCUT2D eigenvalue weighted by atomic mass is 32.2. The predicted octanol–water partition coefficient (Wildman–Crippen LogP) is -0.264. The van der Waals surface area contributed by atoms with Crippen LogP contribution >= 0.6 is 11.8 Å². The van der Waals surface area contributed by atoms with Crippen molar-refractivity contribution in [1.29, 1.82) is 0 Å². The Morgan fingerprint density at radius 3 is 2.62 bits per heavy atom. The number of hydrogen-bond acceptors (Lipinski definition) is 7. The number of Topliss-reactive ketones (excluding diaryl/α,β-unsaturated/α-hetero) is 1. The van der Waals surface area contributed by atoms with E-state index in [0.717, 1.165) is 17.5 Å². The van der Waals surface area contributed by atoms with Gasteiger partial charge in [-0.05, 0) is 13.5 Å². The number of amides is 1. The van der Waals surface area contributed by atoms with Gasteiger partial charge in [0.25, 0.3) is 0 Å². The first kappa shape index (κ1) is 21.8. The number of imidazole rings is 1. The van der Waals surface area contributed by atoms with Gasteiger partial charge in [-0.3, -0.25) is 19.2 Å². The fraction of sp³-hybridized carbons (Fsp3) is 0.562. The average Bonchev–Trinajstić information content (AvgIpc) is 2.96. The third-order valence-corrected chi connectivity index (χ3v) is 4.81. The summed E-state index contributed by atoms with van der Waals surface area (Å²) in [5, 5.41) is 9.76. The minimum Gasteiger partial charge on any atom is -0.480 e. The van der Waals surface area contributed by atoms with Crippen molar-refractivity contribution in [3.63, 3.8) is 0 Å². The highest BCUT2D eigenvalue weighted by Gasteiger charge is 2.27. The summed E-state index contributed by atoms with van der Waals surface area (Å²) in [6, 6.07) is 0. The number of carbonyl (C=O) groups excluding carboxylic acids is 3. The minimum atomic E-state index is -1.16. The molecule has 0 fully saturated rings. The Hall–Kier alpha value is -2.20. The van der Waals surface area contributed by atoms with Crippen molar-refractivity contribution in [2.75, 3.05) is 13.1 Å². The van der Waals surface area contributed by atoms with Crippen molar-refractivity contribution in [3.8, 4) is 0 Å². The van der Waals surface area contributed by atoms with Gasteiger partial charge < -0.3 is 20.7 Å². The first-order valence-electron chi connectivity index (χ1n) is 8.11. The van der Waals surface area contributed by atoms with Crippen molar-refractivity contribution in [3.05, 3.63) is 18.2 Å². The molecule has 1 rings (SSSR count). The van der Waals surface area contributed by atoms with Gasteiger partial charge in [0, 0.05) is 44.1 Å². The number of aryl methyl sites for hydroxylation is 1. The summed E-state index contributed by atoms with van der Waals surface area (Å²) >= 11 is 0.798. The number of carbonyl (C=O) groups is 4. The quantitative estimate of drug-likeness (QED) is 0.473. The van der Waals surface area contributed by atoms with Gasteiger partial charge in [-0.1, -0.05) is 11.8 Å². The molecule has 1 aromatic heterocycles. The van der Waals surface area contributed by atoms with Crippen LogP contribution in [-0.4, -0.2) is 55.8 Å². The third-order valence-electron chi connectivity index (χ3n) is 3.68. The number of rotatable bonds is 11. The Kier molecular flexibility index (Phi) is 9.00. The second kappa shape index (κ2) is 10.7. The predicted molar refractivity (Wildman–Crippen MR) is 96.4 cm³/mol. The zero-order chi connectivity index (χ0) is 19.7. The van der Waals surface area contributed by atoms with Crippen molar-refractivity contribution in [2.45, 2.75) is 31.4 Å². The van der Waals surface area contributed by atoms with E-state index < -0.39 is 29.6 Å². The van der Waals surface area contributed by atoms with E-state index in [0.29, 0.717) is 6.42 Å². The summed E-state index contributed by atoms with van der Waals surface area (Å²) in [6.07, 6.45) is 3.78. The summed E-state index contributed by atoms with van der Waals surface area (Å²) in [4.78, 5) is 50.9. The van der Waals surface area contributed by atoms with Crippen molar-refractivity contribution in [2.24, 2.45) is 18.7 Å². The molecular formula is C16H24N4O5S. The Balaban J connectivity index is 2.76. The van der Waals surface area contributed by atoms with Crippen LogP contribution < -0.4 is 11.1 Å². The molecular weight excluding hydrogens is 360 g/mol. The van der Waals surface area contributed by atoms with Gasteiger partial charge in [0.1, 0.15) is 12.3 Å². The van der Waals surface area contributed by atoms with Crippen molar-refractivity contribution in [1.82, 2.24) is 14.9 Å². The van der Waals surface area contributed by atoms with Crippen LogP contribution in [0.4, 0.5) is 0 Å². The van der Waals surface area contributed by atoms with Crippen molar-refractivity contribution >= 4 is 34.5 Å². The van der Waals surface area contributed by atoms with Crippen LogP contribution in [0.1, 0.15) is 25.5 Å². The van der Waals surface area contributed by atoms with Crippen LogP contribution in [0.3, 0.4) is 0 Å². The molecule has 1 unspecified atom stereocenters. The lowest BCUT2D eigenvalue weighted by Crippen LogP contribution is -2.36. The fourth-order valence-electron chi connectivity index (χ4n) is 2.24. The Morgan fingerprint density at radius 1 is 1.38 bits per heavy atom. The molecule has 0 aliphatic carbocycles. The molecule has 0 radical (unpaired) electrons. The largest absolute Gasteiger partial charge is 0.480 e. The summed E-state index contributed by atoms with van der Waals surface area (Å²) in [5.41, 5.74) is 6.19. The van der Waals surface area contributed by atoms with Crippen molar-refractivity contribution < 1.29 is 24.3 Å². The summed E-state index contributed by atoms with van der Waals surface area (Å²) in [5.74, 6) is -2.43. The monoisotopic (exact) mass is 384 g/mol. The first-order chi connectivity index (χ1) is 12.2. The molecule has 0 bridgehead atoms. The molecule has 0 saturated carbocycles. The van der Waals surface area contributed by atoms with Gasteiger partial charge in [0.2, 0.25) is 5.91 Å².